The molecular formula is C21H21FN6O3. The number of hydrogen-bond donors (Lipinski definition) is 2. The highest BCUT2D eigenvalue weighted by atomic mass is 19.1. The number of cyclic esters (lactones) is 1. The molecule has 0 spiro atoms. The van der Waals surface area contributed by atoms with Gasteiger partial charge in [-0.3, -0.25) is 9.69 Å². The van der Waals surface area contributed by atoms with Crippen LogP contribution in [0.3, 0.4) is 0 Å². The molecule has 0 unspecified atom stereocenters. The number of carbonyl (C=O) groups excluding carboxylic acids is 2. The highest BCUT2D eigenvalue weighted by Gasteiger charge is 2.32. The predicted octanol–water partition coefficient (Wildman–Crippen LogP) is 2.18. The number of aromatic nitrogens is 3. The van der Waals surface area contributed by atoms with Gasteiger partial charge in [-0.25, -0.2) is 9.18 Å². The summed E-state index contributed by atoms with van der Waals surface area (Å²) in [5, 5.41) is 10.7. The number of ether oxygens (including phenoxy) is 1. The third kappa shape index (κ3) is 4.63. The molecule has 1 fully saturated rings. The van der Waals surface area contributed by atoms with Crippen LogP contribution in [0.1, 0.15) is 12.5 Å². The zero-order valence-corrected chi connectivity index (χ0v) is 16.8. The third-order valence-corrected chi connectivity index (χ3v) is 4.86. The minimum atomic E-state index is -0.570. The summed E-state index contributed by atoms with van der Waals surface area (Å²) in [7, 11) is 0. The summed E-state index contributed by atoms with van der Waals surface area (Å²) in [5.74, 6) is -0.312. The van der Waals surface area contributed by atoms with E-state index in [1.165, 1.54) is 28.9 Å². The first kappa shape index (κ1) is 20.3. The zero-order valence-electron chi connectivity index (χ0n) is 16.8. The number of nitrogens with two attached hydrogens (primary N) is 1. The molecule has 1 aliphatic rings. The highest BCUT2D eigenvalue weighted by Crippen LogP contribution is 2.29. The zero-order chi connectivity index (χ0) is 22.0. The summed E-state index contributed by atoms with van der Waals surface area (Å²) >= 11 is 0. The van der Waals surface area contributed by atoms with E-state index in [1.807, 2.05) is 24.3 Å². The van der Waals surface area contributed by atoms with Crippen molar-refractivity contribution in [2.24, 2.45) is 0 Å². The number of amides is 2. The molecule has 0 saturated carbocycles. The second-order valence-corrected chi connectivity index (χ2v) is 7.21. The molecule has 3 aromatic rings. The molecule has 2 aromatic carbocycles. The summed E-state index contributed by atoms with van der Waals surface area (Å²) in [6.07, 6.45) is 0.426. The fourth-order valence-electron chi connectivity index (χ4n) is 3.34. The van der Waals surface area contributed by atoms with Crippen molar-refractivity contribution < 1.29 is 18.7 Å². The second-order valence-electron chi connectivity index (χ2n) is 7.21. The number of halogens is 1. The van der Waals surface area contributed by atoms with Crippen molar-refractivity contribution in [2.75, 3.05) is 23.7 Å². The molecule has 0 radical (unpaired) electrons. The number of hydrogen-bond acceptors (Lipinski definition) is 6. The topological polar surface area (TPSA) is 115 Å². The van der Waals surface area contributed by atoms with E-state index in [0.29, 0.717) is 29.2 Å². The fourth-order valence-corrected chi connectivity index (χ4v) is 3.34. The molecule has 160 valence electrons. The van der Waals surface area contributed by atoms with Crippen LogP contribution in [0.2, 0.25) is 0 Å². The lowest BCUT2D eigenvalue weighted by molar-refractivity contribution is -0.119. The Labute approximate surface area is 177 Å². The van der Waals surface area contributed by atoms with Crippen LogP contribution < -0.4 is 16.0 Å². The normalized spacial score (nSPS) is 15.7. The van der Waals surface area contributed by atoms with E-state index in [-0.39, 0.29) is 19.0 Å². The maximum Gasteiger partial charge on any atom is 0.414 e. The number of anilines is 2. The van der Waals surface area contributed by atoms with Gasteiger partial charge >= 0.3 is 6.09 Å². The first-order valence-corrected chi connectivity index (χ1v) is 9.66. The van der Waals surface area contributed by atoms with Crippen molar-refractivity contribution in [2.45, 2.75) is 19.6 Å². The predicted molar refractivity (Wildman–Crippen MR) is 112 cm³/mol. The summed E-state index contributed by atoms with van der Waals surface area (Å²) in [4.78, 5) is 26.0. The van der Waals surface area contributed by atoms with E-state index in [2.05, 4.69) is 15.5 Å². The number of carbonyl (C=O) groups is 2. The number of benzene rings is 2. The van der Waals surface area contributed by atoms with Crippen LogP contribution in [-0.4, -0.2) is 46.2 Å². The van der Waals surface area contributed by atoms with E-state index >= 15 is 0 Å². The monoisotopic (exact) mass is 424 g/mol. The number of nitrogens with one attached hydrogen (secondary N) is 1. The Balaban J connectivity index is 1.46. The quantitative estimate of drug-likeness (QED) is 0.627. The Morgan fingerprint density at radius 1 is 1.29 bits per heavy atom. The smallest absolute Gasteiger partial charge is 0.414 e. The summed E-state index contributed by atoms with van der Waals surface area (Å²) in [5.41, 5.74) is 8.03. The van der Waals surface area contributed by atoms with Gasteiger partial charge in [0.05, 0.1) is 31.5 Å². The molecule has 2 heterocycles. The van der Waals surface area contributed by atoms with Crippen molar-refractivity contribution in [1.29, 1.82) is 0 Å². The first-order valence-electron chi connectivity index (χ1n) is 9.66. The fraction of sp³-hybridized carbons (Fsp3) is 0.238. The molecule has 31 heavy (non-hydrogen) atoms. The Morgan fingerprint density at radius 2 is 2.06 bits per heavy atom. The lowest BCUT2D eigenvalue weighted by Crippen LogP contribution is -2.33. The van der Waals surface area contributed by atoms with Crippen LogP contribution in [0.25, 0.3) is 11.1 Å². The molecule has 0 aliphatic carbocycles. The SMILES string of the molecule is CC(=O)NC[C@H]1CN(c2ccc(-c3ccc(Cn4ncc(N)n4)cc3)c(F)c2)C(=O)O1. The maximum atomic E-state index is 14.8. The van der Waals surface area contributed by atoms with Gasteiger partial charge in [-0.2, -0.15) is 9.90 Å². The lowest BCUT2D eigenvalue weighted by Gasteiger charge is -2.14. The molecule has 4 rings (SSSR count). The molecule has 1 atom stereocenters. The van der Waals surface area contributed by atoms with Gasteiger partial charge in [-0.15, -0.1) is 5.10 Å². The average molecular weight is 424 g/mol. The molecule has 9 nitrogen and oxygen atoms in total. The second kappa shape index (κ2) is 8.42. The largest absolute Gasteiger partial charge is 0.442 e. The van der Waals surface area contributed by atoms with Crippen molar-refractivity contribution >= 4 is 23.5 Å². The van der Waals surface area contributed by atoms with Crippen molar-refractivity contribution in [3.8, 4) is 11.1 Å². The Bertz CT molecular complexity index is 1110. The van der Waals surface area contributed by atoms with Gasteiger partial charge < -0.3 is 15.8 Å². The summed E-state index contributed by atoms with van der Waals surface area (Å²) < 4.78 is 20.1. The Hall–Kier alpha value is -3.95. The van der Waals surface area contributed by atoms with Gasteiger partial charge in [0.2, 0.25) is 5.91 Å². The maximum absolute atomic E-state index is 14.8. The standard InChI is InChI=1S/C21H21FN6O3/c1-13(29)24-9-17-12-27(21(30)31-17)16-6-7-18(19(22)8-16)15-4-2-14(3-5-15)11-28-25-10-20(23)26-28/h2-8,10,17H,9,11-12H2,1H3,(H2,23,26)(H,24,29)/t17-/m0/s1. The average Bonchev–Trinajstić information content (AvgIpc) is 3.32. The van der Waals surface area contributed by atoms with Gasteiger partial charge in [-0.05, 0) is 29.3 Å². The number of rotatable bonds is 6. The number of nitrogens with zero attached hydrogens (tertiary/aromatic N) is 4. The highest BCUT2D eigenvalue weighted by molar-refractivity contribution is 5.90. The molecule has 1 aliphatic heterocycles. The van der Waals surface area contributed by atoms with Crippen molar-refractivity contribution in [3.05, 3.63) is 60.0 Å². The molecule has 1 saturated heterocycles. The molecule has 10 heteroatoms. The van der Waals surface area contributed by atoms with E-state index in [4.69, 9.17) is 10.5 Å². The van der Waals surface area contributed by atoms with Gasteiger partial charge in [0.15, 0.2) is 5.82 Å². The first-order chi connectivity index (χ1) is 14.9. The van der Waals surface area contributed by atoms with Gasteiger partial charge in [0.1, 0.15) is 11.9 Å². The van der Waals surface area contributed by atoms with Crippen LogP contribution in [0, 0.1) is 5.82 Å². The van der Waals surface area contributed by atoms with Crippen molar-refractivity contribution in [3.63, 3.8) is 0 Å². The summed E-state index contributed by atoms with van der Waals surface area (Å²) in [6.45, 7) is 2.29. The van der Waals surface area contributed by atoms with Gasteiger partial charge in [0.25, 0.3) is 0 Å². The molecular weight excluding hydrogens is 403 g/mol. The van der Waals surface area contributed by atoms with Crippen LogP contribution in [0.15, 0.2) is 48.7 Å². The third-order valence-electron chi connectivity index (χ3n) is 4.86. The minimum Gasteiger partial charge on any atom is -0.442 e. The van der Waals surface area contributed by atoms with E-state index in [9.17, 15) is 14.0 Å². The lowest BCUT2D eigenvalue weighted by atomic mass is 10.0. The van der Waals surface area contributed by atoms with E-state index < -0.39 is 18.0 Å². The van der Waals surface area contributed by atoms with Crippen LogP contribution >= 0.6 is 0 Å². The van der Waals surface area contributed by atoms with Crippen LogP contribution in [0.5, 0.6) is 0 Å². The number of nitrogen functional groups attached to an aromatic ring is 1. The Morgan fingerprint density at radius 3 is 2.71 bits per heavy atom. The van der Waals surface area contributed by atoms with Crippen LogP contribution in [0.4, 0.5) is 20.7 Å². The van der Waals surface area contributed by atoms with E-state index in [0.717, 1.165) is 5.56 Å². The molecule has 3 N–H and O–H groups in total. The van der Waals surface area contributed by atoms with E-state index in [1.54, 1.807) is 12.1 Å². The summed E-state index contributed by atoms with van der Waals surface area (Å²) in [6, 6.07) is 12.0. The van der Waals surface area contributed by atoms with Crippen molar-refractivity contribution in [1.82, 2.24) is 20.3 Å². The molecule has 1 aromatic heterocycles. The van der Waals surface area contributed by atoms with Crippen LogP contribution in [-0.2, 0) is 16.1 Å². The Kier molecular flexibility index (Phi) is 5.52. The van der Waals surface area contributed by atoms with Gasteiger partial charge in [0, 0.05) is 12.5 Å². The molecule has 2 amide bonds. The minimum absolute atomic E-state index is 0.207. The van der Waals surface area contributed by atoms with Gasteiger partial charge in [-0.1, -0.05) is 24.3 Å². The molecule has 0 bridgehead atoms.